The van der Waals surface area contributed by atoms with Crippen LogP contribution in [0.15, 0.2) is 48.2 Å². The molecule has 3 rings (SSSR count). The molecule has 21 heavy (non-hydrogen) atoms. The molecule has 5 heteroatoms. The highest BCUT2D eigenvalue weighted by molar-refractivity contribution is 14.1. The second kappa shape index (κ2) is 5.40. The molecule has 0 unspecified atom stereocenters. The molecule has 1 aliphatic rings. The van der Waals surface area contributed by atoms with E-state index in [9.17, 15) is 4.79 Å². The van der Waals surface area contributed by atoms with Crippen molar-refractivity contribution in [1.82, 2.24) is 0 Å². The SMILES string of the molecule is CC(Nc1ccc(I)cc1)=C1C(=O)Nc2ccc(N)cc21. The van der Waals surface area contributed by atoms with Crippen LogP contribution >= 0.6 is 22.6 Å². The van der Waals surface area contributed by atoms with Gasteiger partial charge >= 0.3 is 0 Å². The second-order valence-corrected chi connectivity index (χ2v) is 6.14. The molecule has 2 aromatic carbocycles. The van der Waals surface area contributed by atoms with E-state index in [1.54, 1.807) is 6.07 Å². The van der Waals surface area contributed by atoms with E-state index in [0.29, 0.717) is 11.3 Å². The van der Waals surface area contributed by atoms with Crippen molar-refractivity contribution in [3.63, 3.8) is 0 Å². The van der Waals surface area contributed by atoms with Gasteiger partial charge in [0.25, 0.3) is 5.91 Å². The molecule has 0 fully saturated rings. The third-order valence-corrected chi connectivity index (χ3v) is 4.06. The van der Waals surface area contributed by atoms with Gasteiger partial charge in [-0.1, -0.05) is 0 Å². The van der Waals surface area contributed by atoms with E-state index in [4.69, 9.17) is 5.73 Å². The third kappa shape index (κ3) is 2.73. The molecule has 0 bridgehead atoms. The van der Waals surface area contributed by atoms with Crippen molar-refractivity contribution in [3.8, 4) is 0 Å². The molecule has 2 aromatic rings. The minimum Gasteiger partial charge on any atom is -0.399 e. The van der Waals surface area contributed by atoms with Crippen molar-refractivity contribution in [1.29, 1.82) is 0 Å². The van der Waals surface area contributed by atoms with Gasteiger partial charge in [-0.15, -0.1) is 0 Å². The zero-order valence-electron chi connectivity index (χ0n) is 11.4. The van der Waals surface area contributed by atoms with E-state index >= 15 is 0 Å². The fraction of sp³-hybridized carbons (Fsp3) is 0.0625. The highest BCUT2D eigenvalue weighted by Crippen LogP contribution is 2.35. The summed E-state index contributed by atoms with van der Waals surface area (Å²) in [5, 5.41) is 6.13. The second-order valence-electron chi connectivity index (χ2n) is 4.89. The Morgan fingerprint density at radius 1 is 1.19 bits per heavy atom. The highest BCUT2D eigenvalue weighted by Gasteiger charge is 2.26. The van der Waals surface area contributed by atoms with Crippen LogP contribution in [0.4, 0.5) is 17.1 Å². The molecule has 4 nitrogen and oxygen atoms in total. The average Bonchev–Trinajstić information content (AvgIpc) is 2.76. The van der Waals surface area contributed by atoms with E-state index in [1.165, 1.54) is 3.57 Å². The summed E-state index contributed by atoms with van der Waals surface area (Å²) in [6.45, 7) is 1.89. The Morgan fingerprint density at radius 2 is 1.90 bits per heavy atom. The van der Waals surface area contributed by atoms with Crippen molar-refractivity contribution < 1.29 is 4.79 Å². The van der Waals surface area contributed by atoms with Crippen LogP contribution in [0.5, 0.6) is 0 Å². The third-order valence-electron chi connectivity index (χ3n) is 3.34. The number of halogens is 1. The molecule has 0 spiro atoms. The number of anilines is 3. The number of fused-ring (bicyclic) bond motifs is 1. The van der Waals surface area contributed by atoms with Crippen LogP contribution in [0.25, 0.3) is 5.57 Å². The summed E-state index contributed by atoms with van der Waals surface area (Å²) >= 11 is 2.26. The number of nitrogen functional groups attached to an aromatic ring is 1. The van der Waals surface area contributed by atoms with Gasteiger partial charge in [0.2, 0.25) is 0 Å². The maximum atomic E-state index is 12.2. The summed E-state index contributed by atoms with van der Waals surface area (Å²) < 4.78 is 1.17. The lowest BCUT2D eigenvalue weighted by molar-refractivity contribution is -0.110. The van der Waals surface area contributed by atoms with E-state index in [-0.39, 0.29) is 5.91 Å². The maximum absolute atomic E-state index is 12.2. The lowest BCUT2D eigenvalue weighted by Gasteiger charge is -2.10. The molecular weight excluding hydrogens is 377 g/mol. The summed E-state index contributed by atoms with van der Waals surface area (Å²) in [4.78, 5) is 12.2. The van der Waals surface area contributed by atoms with Crippen molar-refractivity contribution in [2.24, 2.45) is 0 Å². The highest BCUT2D eigenvalue weighted by atomic mass is 127. The number of nitrogens with one attached hydrogen (secondary N) is 2. The minimum absolute atomic E-state index is 0.105. The van der Waals surface area contributed by atoms with Crippen LogP contribution in [0.2, 0.25) is 0 Å². The van der Waals surface area contributed by atoms with Crippen LogP contribution in [-0.4, -0.2) is 5.91 Å². The summed E-state index contributed by atoms with van der Waals surface area (Å²) in [6.07, 6.45) is 0. The van der Waals surface area contributed by atoms with Gasteiger partial charge in [-0.2, -0.15) is 0 Å². The number of hydrogen-bond acceptors (Lipinski definition) is 3. The molecule has 0 aromatic heterocycles. The van der Waals surface area contributed by atoms with Gasteiger partial charge in [0.15, 0.2) is 0 Å². The van der Waals surface area contributed by atoms with E-state index in [1.807, 2.05) is 43.3 Å². The van der Waals surface area contributed by atoms with Crippen molar-refractivity contribution in [2.75, 3.05) is 16.4 Å². The molecular formula is C16H14IN3O. The molecule has 0 aliphatic carbocycles. The zero-order valence-corrected chi connectivity index (χ0v) is 13.6. The topological polar surface area (TPSA) is 67.2 Å². The van der Waals surface area contributed by atoms with E-state index < -0.39 is 0 Å². The normalized spacial score (nSPS) is 15.4. The summed E-state index contributed by atoms with van der Waals surface area (Å²) in [6, 6.07) is 13.4. The van der Waals surface area contributed by atoms with Crippen LogP contribution in [0.1, 0.15) is 12.5 Å². The van der Waals surface area contributed by atoms with Crippen LogP contribution in [0.3, 0.4) is 0 Å². The van der Waals surface area contributed by atoms with Gasteiger partial charge in [-0.25, -0.2) is 0 Å². The Labute approximate surface area is 136 Å². The Bertz CT molecular complexity index is 751. The van der Waals surface area contributed by atoms with E-state index in [0.717, 1.165) is 22.6 Å². The summed E-state index contributed by atoms with van der Waals surface area (Å²) in [7, 11) is 0. The Hall–Kier alpha value is -2.02. The van der Waals surface area contributed by atoms with Crippen molar-refractivity contribution in [3.05, 3.63) is 57.3 Å². The number of carbonyl (C=O) groups is 1. The fourth-order valence-electron chi connectivity index (χ4n) is 2.37. The van der Waals surface area contributed by atoms with Crippen molar-refractivity contribution in [2.45, 2.75) is 6.92 Å². The first-order valence-corrected chi connectivity index (χ1v) is 7.57. The lowest BCUT2D eigenvalue weighted by atomic mass is 10.0. The molecule has 0 saturated carbocycles. The first-order valence-electron chi connectivity index (χ1n) is 6.49. The number of hydrogen-bond donors (Lipinski definition) is 3. The number of allylic oxidation sites excluding steroid dienone is 1. The molecule has 1 heterocycles. The van der Waals surface area contributed by atoms with E-state index in [2.05, 4.69) is 33.2 Å². The molecule has 106 valence electrons. The lowest BCUT2D eigenvalue weighted by Crippen LogP contribution is -2.08. The maximum Gasteiger partial charge on any atom is 0.258 e. The molecule has 1 amide bonds. The molecule has 0 saturated heterocycles. The number of nitrogens with two attached hydrogens (primary N) is 1. The van der Waals surface area contributed by atoms with Gasteiger partial charge in [0.1, 0.15) is 0 Å². The molecule has 4 N–H and O–H groups in total. The van der Waals surface area contributed by atoms with Crippen LogP contribution in [0, 0.1) is 3.57 Å². The number of benzene rings is 2. The number of carbonyl (C=O) groups excluding carboxylic acids is 1. The van der Waals surface area contributed by atoms with Crippen LogP contribution < -0.4 is 16.4 Å². The zero-order chi connectivity index (χ0) is 15.0. The van der Waals surface area contributed by atoms with Gasteiger partial charge in [-0.3, -0.25) is 4.79 Å². The Morgan fingerprint density at radius 3 is 2.62 bits per heavy atom. The largest absolute Gasteiger partial charge is 0.399 e. The Kier molecular flexibility index (Phi) is 3.59. The molecule has 1 aliphatic heterocycles. The predicted octanol–water partition coefficient (Wildman–Crippen LogP) is 3.67. The molecule has 0 radical (unpaired) electrons. The van der Waals surface area contributed by atoms with Gasteiger partial charge in [0.05, 0.1) is 5.57 Å². The van der Waals surface area contributed by atoms with Gasteiger partial charge < -0.3 is 16.4 Å². The van der Waals surface area contributed by atoms with Crippen LogP contribution in [-0.2, 0) is 4.79 Å². The monoisotopic (exact) mass is 391 g/mol. The van der Waals surface area contributed by atoms with Gasteiger partial charge in [0, 0.05) is 31.9 Å². The fourth-order valence-corrected chi connectivity index (χ4v) is 2.73. The number of amides is 1. The quantitative estimate of drug-likeness (QED) is 0.416. The standard InChI is InChI=1S/C16H14IN3O/c1-9(19-12-5-2-10(17)3-6-12)15-13-8-11(18)4-7-14(13)20-16(15)21/h2-8,19H,18H2,1H3,(H,20,21). The first-order chi connectivity index (χ1) is 10.0. The van der Waals surface area contributed by atoms with Crippen molar-refractivity contribution >= 4 is 51.1 Å². The predicted molar refractivity (Wildman–Crippen MR) is 94.9 cm³/mol. The summed E-state index contributed by atoms with van der Waals surface area (Å²) in [5.41, 5.74) is 10.5. The molecule has 0 atom stereocenters. The Balaban J connectivity index is 2.00. The average molecular weight is 391 g/mol. The minimum atomic E-state index is -0.105. The van der Waals surface area contributed by atoms with Gasteiger partial charge in [-0.05, 0) is 72.0 Å². The summed E-state index contributed by atoms with van der Waals surface area (Å²) in [5.74, 6) is -0.105. The number of rotatable bonds is 2. The smallest absolute Gasteiger partial charge is 0.258 e. The first kappa shape index (κ1) is 13.9.